The van der Waals surface area contributed by atoms with E-state index in [9.17, 15) is 4.79 Å². The van der Waals surface area contributed by atoms with Gasteiger partial charge in [-0.2, -0.15) is 11.8 Å². The molecular formula is C14H18O2S2. The second-order valence-electron chi connectivity index (χ2n) is 4.78. The van der Waals surface area contributed by atoms with Gasteiger partial charge in [-0.05, 0) is 36.1 Å². The van der Waals surface area contributed by atoms with E-state index in [0.29, 0.717) is 6.42 Å². The van der Waals surface area contributed by atoms with Crippen molar-refractivity contribution in [1.29, 1.82) is 0 Å². The summed E-state index contributed by atoms with van der Waals surface area (Å²) < 4.78 is 0. The molecule has 1 aromatic rings. The van der Waals surface area contributed by atoms with Gasteiger partial charge < -0.3 is 5.11 Å². The van der Waals surface area contributed by atoms with Crippen LogP contribution in [0.4, 0.5) is 0 Å². The first-order valence-corrected chi connectivity index (χ1v) is 8.32. The van der Waals surface area contributed by atoms with Crippen LogP contribution in [0.5, 0.6) is 0 Å². The van der Waals surface area contributed by atoms with Crippen molar-refractivity contribution < 1.29 is 9.90 Å². The lowest BCUT2D eigenvalue weighted by Crippen LogP contribution is -2.11. The number of aliphatic carboxylic acids is 1. The number of carbonyl (C=O) groups is 1. The van der Waals surface area contributed by atoms with Crippen LogP contribution >= 0.6 is 23.5 Å². The average Bonchev–Trinajstić information content (AvgIpc) is 3.09. The van der Waals surface area contributed by atoms with Crippen molar-refractivity contribution in [1.82, 2.24) is 0 Å². The van der Waals surface area contributed by atoms with Crippen LogP contribution in [0, 0.1) is 5.41 Å². The van der Waals surface area contributed by atoms with Crippen LogP contribution in [0.15, 0.2) is 35.2 Å². The molecule has 1 fully saturated rings. The van der Waals surface area contributed by atoms with Gasteiger partial charge in [0.05, 0.1) is 6.42 Å². The largest absolute Gasteiger partial charge is 0.481 e. The highest BCUT2D eigenvalue weighted by molar-refractivity contribution is 8.03. The van der Waals surface area contributed by atoms with Gasteiger partial charge in [0.25, 0.3) is 0 Å². The summed E-state index contributed by atoms with van der Waals surface area (Å²) in [5.74, 6) is 2.56. The van der Waals surface area contributed by atoms with Crippen LogP contribution < -0.4 is 0 Å². The molecule has 2 nitrogen and oxygen atoms in total. The van der Waals surface area contributed by atoms with Crippen LogP contribution in [0.2, 0.25) is 0 Å². The van der Waals surface area contributed by atoms with Crippen LogP contribution in [0.25, 0.3) is 0 Å². The molecule has 1 aliphatic carbocycles. The minimum atomic E-state index is -0.647. The standard InChI is InChI=1S/C14H18O2S2/c15-13(16)10-14(6-7-14)11-17-8-9-18-12-4-2-1-3-5-12/h1-5H,6-11H2,(H,15,16). The minimum absolute atomic E-state index is 0.133. The molecule has 98 valence electrons. The average molecular weight is 282 g/mol. The zero-order chi connectivity index (χ0) is 12.8. The molecule has 0 unspecified atom stereocenters. The maximum atomic E-state index is 10.7. The van der Waals surface area contributed by atoms with Crippen LogP contribution in [-0.4, -0.2) is 28.3 Å². The number of rotatable bonds is 8. The van der Waals surface area contributed by atoms with Crippen LogP contribution in [0.3, 0.4) is 0 Å². The smallest absolute Gasteiger partial charge is 0.303 e. The number of carboxylic acid groups (broad SMARTS) is 1. The van der Waals surface area contributed by atoms with E-state index >= 15 is 0 Å². The Labute approximate surface area is 117 Å². The van der Waals surface area contributed by atoms with Crippen molar-refractivity contribution in [3.05, 3.63) is 30.3 Å². The molecule has 1 saturated carbocycles. The summed E-state index contributed by atoms with van der Waals surface area (Å²) in [7, 11) is 0. The van der Waals surface area contributed by atoms with Gasteiger partial charge in [0, 0.05) is 16.4 Å². The van der Waals surface area contributed by atoms with Crippen molar-refractivity contribution in [3.8, 4) is 0 Å². The summed E-state index contributed by atoms with van der Waals surface area (Å²) in [6.45, 7) is 0. The molecule has 0 amide bonds. The fraction of sp³-hybridized carbons (Fsp3) is 0.500. The third-order valence-electron chi connectivity index (χ3n) is 3.13. The summed E-state index contributed by atoms with van der Waals surface area (Å²) in [5, 5.41) is 8.83. The number of hydrogen-bond acceptors (Lipinski definition) is 3. The monoisotopic (exact) mass is 282 g/mol. The molecule has 1 aliphatic rings. The van der Waals surface area contributed by atoms with Gasteiger partial charge in [-0.25, -0.2) is 0 Å². The highest BCUT2D eigenvalue weighted by Crippen LogP contribution is 2.51. The van der Waals surface area contributed by atoms with E-state index in [2.05, 4.69) is 24.3 Å². The Kier molecular flexibility index (Phi) is 5.01. The van der Waals surface area contributed by atoms with E-state index in [1.165, 1.54) is 4.90 Å². The van der Waals surface area contributed by atoms with Crippen molar-refractivity contribution >= 4 is 29.5 Å². The van der Waals surface area contributed by atoms with E-state index in [0.717, 1.165) is 30.1 Å². The SMILES string of the molecule is O=C(O)CC1(CSCCSc2ccccc2)CC1. The number of benzene rings is 1. The molecule has 0 atom stereocenters. The van der Waals surface area contributed by atoms with Crippen molar-refractivity contribution in [2.45, 2.75) is 24.2 Å². The van der Waals surface area contributed by atoms with E-state index < -0.39 is 5.97 Å². The van der Waals surface area contributed by atoms with Gasteiger partial charge in [-0.3, -0.25) is 4.79 Å². The number of hydrogen-bond donors (Lipinski definition) is 1. The summed E-state index contributed by atoms with van der Waals surface area (Å²) in [5.41, 5.74) is 0.133. The van der Waals surface area contributed by atoms with Gasteiger partial charge >= 0.3 is 5.97 Å². The van der Waals surface area contributed by atoms with Gasteiger partial charge in [-0.15, -0.1) is 11.8 Å². The first-order valence-electron chi connectivity index (χ1n) is 6.18. The maximum Gasteiger partial charge on any atom is 0.303 e. The predicted molar refractivity (Wildman–Crippen MR) is 78.4 cm³/mol. The van der Waals surface area contributed by atoms with Crippen LogP contribution in [0.1, 0.15) is 19.3 Å². The molecule has 2 rings (SSSR count). The van der Waals surface area contributed by atoms with Gasteiger partial charge in [-0.1, -0.05) is 18.2 Å². The fourth-order valence-corrected chi connectivity index (χ4v) is 4.25. The molecule has 0 aliphatic heterocycles. The Morgan fingerprint density at radius 2 is 1.94 bits per heavy atom. The van der Waals surface area contributed by atoms with E-state index in [1.54, 1.807) is 0 Å². The fourth-order valence-electron chi connectivity index (χ4n) is 1.89. The Balaban J connectivity index is 1.58. The summed E-state index contributed by atoms with van der Waals surface area (Å²) in [4.78, 5) is 12.0. The predicted octanol–water partition coefficient (Wildman–Crippen LogP) is 3.77. The molecule has 1 N–H and O–H groups in total. The Hall–Kier alpha value is -0.610. The topological polar surface area (TPSA) is 37.3 Å². The maximum absolute atomic E-state index is 10.7. The number of thioether (sulfide) groups is 2. The zero-order valence-electron chi connectivity index (χ0n) is 10.3. The molecule has 0 heterocycles. The van der Waals surface area contributed by atoms with Crippen LogP contribution in [-0.2, 0) is 4.79 Å². The third-order valence-corrected chi connectivity index (χ3v) is 5.71. The lowest BCUT2D eigenvalue weighted by molar-refractivity contribution is -0.138. The summed E-state index contributed by atoms with van der Waals surface area (Å²) in [6, 6.07) is 10.4. The highest BCUT2D eigenvalue weighted by atomic mass is 32.2. The van der Waals surface area contributed by atoms with E-state index in [1.807, 2.05) is 29.6 Å². The molecule has 0 spiro atoms. The molecule has 0 bridgehead atoms. The second kappa shape index (κ2) is 6.53. The van der Waals surface area contributed by atoms with E-state index in [4.69, 9.17) is 5.11 Å². The molecule has 0 saturated heterocycles. The lowest BCUT2D eigenvalue weighted by atomic mass is 10.1. The third kappa shape index (κ3) is 4.58. The lowest BCUT2D eigenvalue weighted by Gasteiger charge is -2.11. The van der Waals surface area contributed by atoms with Crippen molar-refractivity contribution in [3.63, 3.8) is 0 Å². The Morgan fingerprint density at radius 3 is 2.56 bits per heavy atom. The zero-order valence-corrected chi connectivity index (χ0v) is 11.9. The number of carboxylic acids is 1. The van der Waals surface area contributed by atoms with Crippen molar-refractivity contribution in [2.75, 3.05) is 17.3 Å². The normalized spacial score (nSPS) is 16.4. The molecule has 0 radical (unpaired) electrons. The molecule has 0 aromatic heterocycles. The van der Waals surface area contributed by atoms with Gasteiger partial charge in [0.2, 0.25) is 0 Å². The Bertz CT molecular complexity index is 388. The van der Waals surface area contributed by atoms with Gasteiger partial charge in [0.15, 0.2) is 0 Å². The second-order valence-corrected chi connectivity index (χ2v) is 7.06. The van der Waals surface area contributed by atoms with E-state index in [-0.39, 0.29) is 5.41 Å². The molecule has 4 heteroatoms. The molecule has 18 heavy (non-hydrogen) atoms. The Morgan fingerprint density at radius 1 is 1.22 bits per heavy atom. The quantitative estimate of drug-likeness (QED) is 0.582. The minimum Gasteiger partial charge on any atom is -0.481 e. The summed E-state index contributed by atoms with van der Waals surface area (Å²) >= 11 is 3.77. The molecule has 1 aromatic carbocycles. The van der Waals surface area contributed by atoms with Crippen molar-refractivity contribution in [2.24, 2.45) is 5.41 Å². The van der Waals surface area contributed by atoms with Gasteiger partial charge in [0.1, 0.15) is 0 Å². The highest BCUT2D eigenvalue weighted by Gasteiger charge is 2.43. The first kappa shape index (κ1) is 13.8. The molecular weight excluding hydrogens is 264 g/mol. The summed E-state index contributed by atoms with van der Waals surface area (Å²) in [6.07, 6.45) is 2.54. The first-order chi connectivity index (χ1) is 8.70.